The summed E-state index contributed by atoms with van der Waals surface area (Å²) in [5, 5.41) is 18.6. The van der Waals surface area contributed by atoms with Gasteiger partial charge in [-0.05, 0) is 38.2 Å². The van der Waals surface area contributed by atoms with E-state index in [-0.39, 0.29) is 24.0 Å². The van der Waals surface area contributed by atoms with Gasteiger partial charge in [-0.25, -0.2) is 0 Å². The standard InChI is InChI=1S/C22H30O4/c1-2-3-4-5-6-8-11-19(23)16-14-18-15-17-21(24)20(18)12-9-7-10-13-22(25)26/h3-4,6-9,14-20,23H,2,5,10-13H2,1H3,(H,25,26)/b4-3-,8-6-,9-7-,16-14+/t18-,19+,20-/m1/s1. The summed E-state index contributed by atoms with van der Waals surface area (Å²) in [5.41, 5.74) is 0. The molecular formula is C22H30O4. The minimum atomic E-state index is -0.821. The molecule has 0 spiro atoms. The van der Waals surface area contributed by atoms with Crippen LogP contribution in [0.1, 0.15) is 45.4 Å². The molecule has 1 aliphatic carbocycles. The Kier molecular flexibility index (Phi) is 11.0. The van der Waals surface area contributed by atoms with Gasteiger partial charge in [0.15, 0.2) is 5.78 Å². The van der Waals surface area contributed by atoms with Crippen LogP contribution < -0.4 is 0 Å². The van der Waals surface area contributed by atoms with Crippen molar-refractivity contribution in [2.45, 2.75) is 51.6 Å². The highest BCUT2D eigenvalue weighted by atomic mass is 16.4. The monoisotopic (exact) mass is 358 g/mol. The fourth-order valence-electron chi connectivity index (χ4n) is 2.70. The highest BCUT2D eigenvalue weighted by Crippen LogP contribution is 2.27. The topological polar surface area (TPSA) is 74.6 Å². The van der Waals surface area contributed by atoms with Crippen molar-refractivity contribution in [3.05, 3.63) is 60.8 Å². The Morgan fingerprint density at radius 1 is 1.19 bits per heavy atom. The van der Waals surface area contributed by atoms with Gasteiger partial charge in [-0.3, -0.25) is 9.59 Å². The van der Waals surface area contributed by atoms with Crippen molar-refractivity contribution in [2.24, 2.45) is 11.8 Å². The minimum absolute atomic E-state index is 0.0160. The van der Waals surface area contributed by atoms with E-state index >= 15 is 0 Å². The van der Waals surface area contributed by atoms with Gasteiger partial charge in [0.25, 0.3) is 0 Å². The maximum absolute atomic E-state index is 12.0. The largest absolute Gasteiger partial charge is 0.481 e. The quantitative estimate of drug-likeness (QED) is 0.507. The van der Waals surface area contributed by atoms with Crippen LogP contribution in [0.25, 0.3) is 0 Å². The van der Waals surface area contributed by atoms with Crippen molar-refractivity contribution in [1.82, 2.24) is 0 Å². The predicted octanol–water partition coefficient (Wildman–Crippen LogP) is 4.39. The van der Waals surface area contributed by atoms with E-state index in [9.17, 15) is 14.7 Å². The smallest absolute Gasteiger partial charge is 0.303 e. The van der Waals surface area contributed by atoms with E-state index in [2.05, 4.69) is 19.1 Å². The van der Waals surface area contributed by atoms with Crippen LogP contribution in [-0.2, 0) is 9.59 Å². The lowest BCUT2D eigenvalue weighted by Gasteiger charge is -2.13. The van der Waals surface area contributed by atoms with E-state index in [0.29, 0.717) is 19.3 Å². The van der Waals surface area contributed by atoms with Gasteiger partial charge >= 0.3 is 5.97 Å². The number of aliphatic hydroxyl groups excluding tert-OH is 1. The molecule has 0 aromatic heterocycles. The number of carbonyl (C=O) groups is 2. The Morgan fingerprint density at radius 3 is 2.69 bits per heavy atom. The number of ketones is 1. The summed E-state index contributed by atoms with van der Waals surface area (Å²) in [6, 6.07) is 0. The Balaban J connectivity index is 2.41. The normalized spacial score (nSPS) is 21.8. The molecule has 26 heavy (non-hydrogen) atoms. The molecule has 0 saturated heterocycles. The summed E-state index contributed by atoms with van der Waals surface area (Å²) >= 11 is 0. The number of aliphatic carboxylic acids is 1. The van der Waals surface area contributed by atoms with Crippen molar-refractivity contribution in [3.63, 3.8) is 0 Å². The third-order valence-electron chi connectivity index (χ3n) is 4.17. The van der Waals surface area contributed by atoms with Gasteiger partial charge in [0.2, 0.25) is 0 Å². The number of carboxylic acids is 1. The van der Waals surface area contributed by atoms with Gasteiger partial charge in [0.1, 0.15) is 0 Å². The van der Waals surface area contributed by atoms with Gasteiger partial charge in [-0.2, -0.15) is 0 Å². The Hall–Kier alpha value is -2.20. The van der Waals surface area contributed by atoms with Crippen molar-refractivity contribution in [2.75, 3.05) is 0 Å². The van der Waals surface area contributed by atoms with Gasteiger partial charge in [-0.1, -0.05) is 61.6 Å². The molecule has 0 bridgehead atoms. The Morgan fingerprint density at radius 2 is 1.96 bits per heavy atom. The van der Waals surface area contributed by atoms with Crippen molar-refractivity contribution in [1.29, 1.82) is 0 Å². The number of carboxylic acid groups (broad SMARTS) is 1. The van der Waals surface area contributed by atoms with E-state index in [1.165, 1.54) is 0 Å². The number of hydrogen-bond acceptors (Lipinski definition) is 3. The van der Waals surface area contributed by atoms with Gasteiger partial charge in [-0.15, -0.1) is 0 Å². The number of hydrogen-bond donors (Lipinski definition) is 2. The van der Waals surface area contributed by atoms with Crippen LogP contribution in [-0.4, -0.2) is 28.1 Å². The zero-order valence-corrected chi connectivity index (χ0v) is 15.5. The zero-order valence-electron chi connectivity index (χ0n) is 15.5. The van der Waals surface area contributed by atoms with E-state index in [0.717, 1.165) is 12.8 Å². The van der Waals surface area contributed by atoms with Gasteiger partial charge in [0.05, 0.1) is 6.10 Å². The lowest BCUT2D eigenvalue weighted by Crippen LogP contribution is -2.14. The molecule has 0 fully saturated rings. The first-order chi connectivity index (χ1) is 12.5. The maximum Gasteiger partial charge on any atom is 0.303 e. The van der Waals surface area contributed by atoms with E-state index in [1.807, 2.05) is 36.5 Å². The molecule has 1 aliphatic rings. The van der Waals surface area contributed by atoms with Gasteiger partial charge < -0.3 is 10.2 Å². The second-order valence-corrected chi connectivity index (χ2v) is 6.36. The molecule has 0 aliphatic heterocycles. The van der Waals surface area contributed by atoms with Crippen LogP contribution in [0.15, 0.2) is 60.8 Å². The second kappa shape index (κ2) is 13.1. The van der Waals surface area contributed by atoms with Crippen LogP contribution >= 0.6 is 0 Å². The third-order valence-corrected chi connectivity index (χ3v) is 4.17. The maximum atomic E-state index is 12.0. The number of aliphatic hydroxyl groups is 1. The first-order valence-electron chi connectivity index (χ1n) is 9.29. The summed E-state index contributed by atoms with van der Waals surface area (Å²) in [6.07, 6.45) is 22.1. The van der Waals surface area contributed by atoms with Crippen LogP contribution in [0.4, 0.5) is 0 Å². The fraction of sp³-hybridized carbons (Fsp3) is 0.455. The molecule has 0 aromatic rings. The molecule has 0 amide bonds. The molecule has 0 radical (unpaired) electrons. The summed E-state index contributed by atoms with van der Waals surface area (Å²) in [4.78, 5) is 22.4. The molecule has 0 unspecified atom stereocenters. The first-order valence-corrected chi connectivity index (χ1v) is 9.29. The summed E-state index contributed by atoms with van der Waals surface area (Å²) < 4.78 is 0. The summed E-state index contributed by atoms with van der Waals surface area (Å²) in [7, 11) is 0. The highest BCUT2D eigenvalue weighted by Gasteiger charge is 2.27. The molecule has 142 valence electrons. The zero-order chi connectivity index (χ0) is 19.2. The molecule has 0 aromatic carbocycles. The summed E-state index contributed by atoms with van der Waals surface area (Å²) in [5.74, 6) is -0.912. The van der Waals surface area contributed by atoms with Crippen LogP contribution in [0.3, 0.4) is 0 Å². The van der Waals surface area contributed by atoms with Gasteiger partial charge in [0, 0.05) is 18.3 Å². The van der Waals surface area contributed by atoms with Crippen molar-refractivity contribution >= 4 is 11.8 Å². The highest BCUT2D eigenvalue weighted by molar-refractivity contribution is 5.95. The fourth-order valence-corrected chi connectivity index (χ4v) is 2.70. The molecule has 3 atom stereocenters. The average molecular weight is 358 g/mol. The van der Waals surface area contributed by atoms with E-state index in [1.54, 1.807) is 12.2 Å². The molecule has 0 saturated carbocycles. The summed E-state index contributed by atoms with van der Waals surface area (Å²) in [6.45, 7) is 2.09. The number of carbonyl (C=O) groups excluding carboxylic acids is 1. The lowest BCUT2D eigenvalue weighted by atomic mass is 9.90. The van der Waals surface area contributed by atoms with Crippen LogP contribution in [0.2, 0.25) is 0 Å². The molecular weight excluding hydrogens is 328 g/mol. The van der Waals surface area contributed by atoms with Crippen molar-refractivity contribution < 1.29 is 19.8 Å². The van der Waals surface area contributed by atoms with E-state index < -0.39 is 12.1 Å². The van der Waals surface area contributed by atoms with Crippen LogP contribution in [0.5, 0.6) is 0 Å². The first kappa shape index (κ1) is 21.8. The minimum Gasteiger partial charge on any atom is -0.481 e. The Bertz CT molecular complexity index is 581. The van der Waals surface area contributed by atoms with Crippen molar-refractivity contribution in [3.8, 4) is 0 Å². The average Bonchev–Trinajstić information content (AvgIpc) is 2.95. The van der Waals surface area contributed by atoms with Crippen LogP contribution in [0, 0.1) is 11.8 Å². The second-order valence-electron chi connectivity index (χ2n) is 6.36. The lowest BCUT2D eigenvalue weighted by molar-refractivity contribution is -0.136. The number of rotatable bonds is 12. The van der Waals surface area contributed by atoms with E-state index in [4.69, 9.17) is 5.11 Å². The predicted molar refractivity (Wildman–Crippen MR) is 105 cm³/mol. The third kappa shape index (κ3) is 9.33. The molecule has 0 heterocycles. The Labute approximate surface area is 156 Å². The molecule has 4 heteroatoms. The molecule has 4 nitrogen and oxygen atoms in total. The molecule has 2 N–H and O–H groups in total. The molecule has 1 rings (SSSR count). The SMILES string of the molecule is CC/C=C\C/C=C\C[C@H](O)/C=C/[C@@H]1C=CC(=O)[C@@H]1C/C=C\CCC(=O)O. The number of allylic oxidation sites excluding steroid dienone is 8.